The summed E-state index contributed by atoms with van der Waals surface area (Å²) < 4.78 is 6.80. The molecular weight excluding hydrogens is 373 g/mol. The maximum Gasteiger partial charge on any atom is 0.152 e. The largest absolute Gasteiger partial charge is 0.457 e. The Bertz CT molecular complexity index is 800. The van der Waals surface area contributed by atoms with Crippen LogP contribution in [0, 0.1) is 0 Å². The lowest BCUT2D eigenvalue weighted by Gasteiger charge is -2.14. The number of furan rings is 1. The number of para-hydroxylation sites is 1. The molecule has 0 fully saturated rings. The summed E-state index contributed by atoms with van der Waals surface area (Å²) in [5.41, 5.74) is 1.73. The van der Waals surface area contributed by atoms with Gasteiger partial charge in [-0.15, -0.1) is 0 Å². The van der Waals surface area contributed by atoms with Gasteiger partial charge in [0, 0.05) is 9.86 Å². The van der Waals surface area contributed by atoms with Gasteiger partial charge >= 0.3 is 0 Å². The minimum atomic E-state index is -0.0842. The number of benzene rings is 2. The smallest absolute Gasteiger partial charge is 0.152 e. The molecule has 0 spiro atoms. The van der Waals surface area contributed by atoms with Gasteiger partial charge < -0.3 is 9.73 Å². The second-order valence-corrected chi connectivity index (χ2v) is 6.37. The van der Waals surface area contributed by atoms with Gasteiger partial charge in [-0.2, -0.15) is 0 Å². The molecule has 1 aromatic heterocycles. The molecule has 21 heavy (non-hydrogen) atoms. The molecule has 0 aliphatic carbocycles. The van der Waals surface area contributed by atoms with E-state index in [1.165, 1.54) is 0 Å². The molecule has 5 heteroatoms. The molecule has 3 rings (SSSR count). The van der Waals surface area contributed by atoms with Gasteiger partial charge in [-0.1, -0.05) is 41.4 Å². The van der Waals surface area contributed by atoms with E-state index in [1.54, 1.807) is 0 Å². The molecule has 0 bridgehead atoms. The number of fused-ring (bicyclic) bond motifs is 1. The van der Waals surface area contributed by atoms with Gasteiger partial charge in [-0.25, -0.2) is 0 Å². The van der Waals surface area contributed by atoms with Crippen molar-refractivity contribution in [2.75, 3.05) is 7.05 Å². The molecule has 1 unspecified atom stereocenters. The molecule has 3 aromatic rings. The Balaban J connectivity index is 2.09. The van der Waals surface area contributed by atoms with Crippen LogP contribution in [0.1, 0.15) is 17.4 Å². The summed E-state index contributed by atoms with van der Waals surface area (Å²) in [4.78, 5) is 0. The van der Waals surface area contributed by atoms with Gasteiger partial charge in [-0.3, -0.25) is 0 Å². The number of hydrogen-bond acceptors (Lipinski definition) is 2. The lowest BCUT2D eigenvalue weighted by Crippen LogP contribution is -2.16. The monoisotopic (exact) mass is 383 g/mol. The molecule has 0 aliphatic rings. The molecule has 1 atom stereocenters. The van der Waals surface area contributed by atoms with E-state index in [-0.39, 0.29) is 6.04 Å². The van der Waals surface area contributed by atoms with Crippen molar-refractivity contribution in [3.63, 3.8) is 0 Å². The number of rotatable bonds is 3. The molecule has 1 heterocycles. The summed E-state index contributed by atoms with van der Waals surface area (Å²) in [5.74, 6) is 0.805. The van der Waals surface area contributed by atoms with E-state index in [1.807, 2.05) is 49.5 Å². The number of nitrogens with one attached hydrogen (secondary N) is 1. The highest BCUT2D eigenvalue weighted by Crippen LogP contribution is 2.33. The first-order valence-corrected chi connectivity index (χ1v) is 7.95. The molecule has 0 radical (unpaired) electrons. The minimum Gasteiger partial charge on any atom is -0.457 e. The summed E-state index contributed by atoms with van der Waals surface area (Å²) in [6.07, 6.45) is 0. The fraction of sp³-hybridized carbons (Fsp3) is 0.125. The van der Waals surface area contributed by atoms with Crippen LogP contribution in [0.15, 0.2) is 51.4 Å². The zero-order valence-electron chi connectivity index (χ0n) is 11.2. The molecular formula is C16H12BrCl2NO. The van der Waals surface area contributed by atoms with E-state index in [0.717, 1.165) is 21.2 Å². The fourth-order valence-corrected chi connectivity index (χ4v) is 3.01. The van der Waals surface area contributed by atoms with E-state index in [2.05, 4.69) is 21.2 Å². The zero-order chi connectivity index (χ0) is 15.0. The van der Waals surface area contributed by atoms with Gasteiger partial charge in [-0.05, 0) is 52.8 Å². The predicted molar refractivity (Wildman–Crippen MR) is 91.3 cm³/mol. The first kappa shape index (κ1) is 14.9. The Kier molecular flexibility index (Phi) is 4.27. The molecule has 0 aliphatic heterocycles. The standard InChI is InChI=1S/C16H12BrCl2NO/c1-20-15(9-5-6-11(17)13(19)7-9)14-8-10-3-2-4-12(18)16(10)21-14/h2-8,15,20H,1H3. The highest BCUT2D eigenvalue weighted by molar-refractivity contribution is 9.10. The second kappa shape index (κ2) is 6.01. The van der Waals surface area contributed by atoms with Gasteiger partial charge in [0.2, 0.25) is 0 Å². The topological polar surface area (TPSA) is 25.2 Å². The van der Waals surface area contributed by atoms with Crippen LogP contribution in [0.3, 0.4) is 0 Å². The quantitative estimate of drug-likeness (QED) is 0.616. The van der Waals surface area contributed by atoms with Crippen molar-refractivity contribution in [2.45, 2.75) is 6.04 Å². The van der Waals surface area contributed by atoms with Gasteiger partial charge in [0.25, 0.3) is 0 Å². The predicted octanol–water partition coefficient (Wildman–Crippen LogP) is 5.81. The third-order valence-electron chi connectivity index (χ3n) is 3.37. The molecule has 1 N–H and O–H groups in total. The van der Waals surface area contributed by atoms with Crippen LogP contribution in [0.4, 0.5) is 0 Å². The van der Waals surface area contributed by atoms with E-state index >= 15 is 0 Å². The summed E-state index contributed by atoms with van der Waals surface area (Å²) in [5, 5.41) is 5.52. The number of halogens is 3. The van der Waals surface area contributed by atoms with E-state index < -0.39 is 0 Å². The van der Waals surface area contributed by atoms with Gasteiger partial charge in [0.15, 0.2) is 5.58 Å². The lowest BCUT2D eigenvalue weighted by molar-refractivity contribution is 0.491. The third kappa shape index (κ3) is 2.84. The highest BCUT2D eigenvalue weighted by atomic mass is 79.9. The maximum atomic E-state index is 6.18. The fourth-order valence-electron chi connectivity index (χ4n) is 2.35. The van der Waals surface area contributed by atoms with Crippen LogP contribution in [-0.4, -0.2) is 7.05 Å². The molecule has 2 aromatic carbocycles. The average Bonchev–Trinajstić information content (AvgIpc) is 2.89. The summed E-state index contributed by atoms with van der Waals surface area (Å²) >= 11 is 15.7. The average molecular weight is 385 g/mol. The van der Waals surface area contributed by atoms with Crippen LogP contribution in [0.25, 0.3) is 11.0 Å². The Morgan fingerprint density at radius 3 is 2.57 bits per heavy atom. The summed E-state index contributed by atoms with van der Waals surface area (Å²) in [6.45, 7) is 0. The van der Waals surface area contributed by atoms with E-state index in [4.69, 9.17) is 27.6 Å². The Labute approximate surface area is 141 Å². The van der Waals surface area contributed by atoms with E-state index in [0.29, 0.717) is 15.6 Å². The Morgan fingerprint density at radius 2 is 1.90 bits per heavy atom. The van der Waals surface area contributed by atoms with Crippen LogP contribution in [0.5, 0.6) is 0 Å². The zero-order valence-corrected chi connectivity index (χ0v) is 14.3. The minimum absolute atomic E-state index is 0.0842. The highest BCUT2D eigenvalue weighted by Gasteiger charge is 2.18. The van der Waals surface area contributed by atoms with Gasteiger partial charge in [0.05, 0.1) is 16.1 Å². The lowest BCUT2D eigenvalue weighted by atomic mass is 10.0. The van der Waals surface area contributed by atoms with Crippen LogP contribution < -0.4 is 5.32 Å². The summed E-state index contributed by atoms with van der Waals surface area (Å²) in [7, 11) is 1.88. The SMILES string of the molecule is CNC(c1ccc(Br)c(Cl)c1)c1cc2cccc(Cl)c2o1. The molecule has 0 saturated carbocycles. The first-order valence-electron chi connectivity index (χ1n) is 6.40. The molecule has 0 saturated heterocycles. The second-order valence-electron chi connectivity index (χ2n) is 4.70. The van der Waals surface area contributed by atoms with Crippen molar-refractivity contribution in [1.29, 1.82) is 0 Å². The van der Waals surface area contributed by atoms with Crippen LogP contribution in [0.2, 0.25) is 10.0 Å². The van der Waals surface area contributed by atoms with Gasteiger partial charge in [0.1, 0.15) is 5.76 Å². The van der Waals surface area contributed by atoms with Crippen LogP contribution in [-0.2, 0) is 0 Å². The van der Waals surface area contributed by atoms with Crippen molar-refractivity contribution < 1.29 is 4.42 Å². The Hall–Kier alpha value is -1.00. The van der Waals surface area contributed by atoms with E-state index in [9.17, 15) is 0 Å². The maximum absolute atomic E-state index is 6.18. The first-order chi connectivity index (χ1) is 10.1. The third-order valence-corrected chi connectivity index (χ3v) is 4.90. The van der Waals surface area contributed by atoms with Crippen molar-refractivity contribution in [3.05, 3.63) is 68.3 Å². The van der Waals surface area contributed by atoms with Crippen molar-refractivity contribution in [2.24, 2.45) is 0 Å². The Morgan fingerprint density at radius 1 is 1.10 bits per heavy atom. The molecule has 108 valence electrons. The molecule has 0 amide bonds. The van der Waals surface area contributed by atoms with Crippen LogP contribution >= 0.6 is 39.1 Å². The normalized spacial score (nSPS) is 12.8. The van der Waals surface area contributed by atoms with Crippen molar-refractivity contribution in [3.8, 4) is 0 Å². The molecule has 2 nitrogen and oxygen atoms in total. The van der Waals surface area contributed by atoms with Crippen molar-refractivity contribution in [1.82, 2.24) is 5.32 Å². The van der Waals surface area contributed by atoms with Crippen molar-refractivity contribution >= 4 is 50.1 Å². The number of hydrogen-bond donors (Lipinski definition) is 1. The summed E-state index contributed by atoms with van der Waals surface area (Å²) in [6, 6.07) is 13.5.